The SMILES string of the molecule is CCOC(=O)/C(=C/CCO[Si](C)(C)C(C)(C)C)CBr. The van der Waals surface area contributed by atoms with E-state index in [-0.39, 0.29) is 11.0 Å². The van der Waals surface area contributed by atoms with E-state index in [2.05, 4.69) is 49.8 Å². The van der Waals surface area contributed by atoms with E-state index in [4.69, 9.17) is 9.16 Å². The Morgan fingerprint density at radius 3 is 2.32 bits per heavy atom. The van der Waals surface area contributed by atoms with E-state index in [9.17, 15) is 4.79 Å². The molecule has 0 spiro atoms. The van der Waals surface area contributed by atoms with Gasteiger partial charge in [-0.15, -0.1) is 0 Å². The molecule has 112 valence electrons. The zero-order valence-electron chi connectivity index (χ0n) is 13.0. The average Bonchev–Trinajstić information content (AvgIpc) is 2.27. The summed E-state index contributed by atoms with van der Waals surface area (Å²) in [6, 6.07) is 0. The summed E-state index contributed by atoms with van der Waals surface area (Å²) >= 11 is 3.31. The number of alkyl halides is 1. The van der Waals surface area contributed by atoms with Crippen molar-refractivity contribution in [3.63, 3.8) is 0 Å². The molecule has 0 radical (unpaired) electrons. The van der Waals surface area contributed by atoms with E-state index in [0.29, 0.717) is 24.1 Å². The number of rotatable bonds is 7. The molecule has 0 heterocycles. The summed E-state index contributed by atoms with van der Waals surface area (Å²) in [6.07, 6.45) is 2.64. The molecule has 0 atom stereocenters. The van der Waals surface area contributed by atoms with Crippen molar-refractivity contribution in [2.24, 2.45) is 0 Å². The van der Waals surface area contributed by atoms with E-state index < -0.39 is 8.32 Å². The van der Waals surface area contributed by atoms with Gasteiger partial charge in [0.25, 0.3) is 0 Å². The zero-order valence-corrected chi connectivity index (χ0v) is 15.6. The maximum atomic E-state index is 11.6. The Morgan fingerprint density at radius 2 is 1.89 bits per heavy atom. The molecule has 19 heavy (non-hydrogen) atoms. The second-order valence-corrected chi connectivity index (χ2v) is 11.4. The van der Waals surface area contributed by atoms with Gasteiger partial charge in [-0.05, 0) is 31.5 Å². The van der Waals surface area contributed by atoms with Crippen LogP contribution in [0.25, 0.3) is 0 Å². The topological polar surface area (TPSA) is 35.5 Å². The lowest BCUT2D eigenvalue weighted by molar-refractivity contribution is -0.138. The monoisotopic (exact) mass is 350 g/mol. The van der Waals surface area contributed by atoms with Crippen LogP contribution >= 0.6 is 15.9 Å². The van der Waals surface area contributed by atoms with E-state index in [1.165, 1.54) is 0 Å². The minimum atomic E-state index is -1.69. The Kier molecular flexibility index (Phi) is 8.16. The van der Waals surface area contributed by atoms with Crippen LogP contribution < -0.4 is 0 Å². The predicted molar refractivity (Wildman–Crippen MR) is 86.3 cm³/mol. The number of carbonyl (C=O) groups is 1. The van der Waals surface area contributed by atoms with Crippen LogP contribution in [0, 0.1) is 0 Å². The molecule has 0 unspecified atom stereocenters. The summed E-state index contributed by atoms with van der Waals surface area (Å²) in [5.41, 5.74) is 0.667. The van der Waals surface area contributed by atoms with Gasteiger partial charge in [0.1, 0.15) is 0 Å². The Bertz CT molecular complexity index is 319. The third-order valence-electron chi connectivity index (χ3n) is 3.46. The second kappa shape index (κ2) is 8.22. The van der Waals surface area contributed by atoms with Crippen molar-refractivity contribution < 1.29 is 14.0 Å². The molecule has 0 aliphatic carbocycles. The third kappa shape index (κ3) is 6.72. The van der Waals surface area contributed by atoms with Crippen LogP contribution in [0.3, 0.4) is 0 Å². The summed E-state index contributed by atoms with van der Waals surface area (Å²) < 4.78 is 11.0. The number of hydrogen-bond acceptors (Lipinski definition) is 3. The van der Waals surface area contributed by atoms with Gasteiger partial charge in [0.2, 0.25) is 0 Å². The molecule has 0 aromatic heterocycles. The van der Waals surface area contributed by atoms with Crippen molar-refractivity contribution in [1.29, 1.82) is 0 Å². The van der Waals surface area contributed by atoms with Crippen LogP contribution in [0.15, 0.2) is 11.6 Å². The van der Waals surface area contributed by atoms with Crippen LogP contribution in [-0.2, 0) is 14.0 Å². The number of ether oxygens (including phenoxy) is 1. The first kappa shape index (κ1) is 18.9. The highest BCUT2D eigenvalue weighted by atomic mass is 79.9. The van der Waals surface area contributed by atoms with Gasteiger partial charge in [-0.2, -0.15) is 0 Å². The Labute approximate surface area is 127 Å². The lowest BCUT2D eigenvalue weighted by Crippen LogP contribution is -2.40. The maximum Gasteiger partial charge on any atom is 0.334 e. The Hall–Kier alpha value is -0.133. The fourth-order valence-electron chi connectivity index (χ4n) is 1.18. The van der Waals surface area contributed by atoms with E-state index in [1.54, 1.807) is 0 Å². The van der Waals surface area contributed by atoms with Crippen molar-refractivity contribution >= 4 is 30.2 Å². The summed E-state index contributed by atoms with van der Waals surface area (Å²) in [4.78, 5) is 11.6. The Morgan fingerprint density at radius 1 is 1.32 bits per heavy atom. The van der Waals surface area contributed by atoms with Crippen molar-refractivity contribution in [2.45, 2.75) is 52.2 Å². The van der Waals surface area contributed by atoms with Crippen molar-refractivity contribution in [3.05, 3.63) is 11.6 Å². The van der Waals surface area contributed by atoms with E-state index in [1.807, 2.05) is 13.0 Å². The van der Waals surface area contributed by atoms with Gasteiger partial charge >= 0.3 is 5.97 Å². The Balaban J connectivity index is 4.31. The first-order valence-corrected chi connectivity index (χ1v) is 10.7. The molecule has 0 saturated carbocycles. The molecular weight excluding hydrogens is 324 g/mol. The minimum Gasteiger partial charge on any atom is -0.463 e. The molecule has 0 aromatic carbocycles. The molecule has 0 bridgehead atoms. The highest BCUT2D eigenvalue weighted by Gasteiger charge is 2.36. The summed E-state index contributed by atoms with van der Waals surface area (Å²) in [5.74, 6) is -0.244. The largest absolute Gasteiger partial charge is 0.463 e. The first-order valence-electron chi connectivity index (χ1n) is 6.71. The molecule has 0 saturated heterocycles. The molecule has 0 rings (SSSR count). The third-order valence-corrected chi connectivity index (χ3v) is 8.60. The van der Waals surface area contributed by atoms with Crippen LogP contribution in [0.2, 0.25) is 18.1 Å². The minimum absolute atomic E-state index is 0.218. The second-order valence-electron chi connectivity index (χ2n) is 5.98. The van der Waals surface area contributed by atoms with Crippen LogP contribution in [-0.4, -0.2) is 32.8 Å². The fourth-order valence-corrected chi connectivity index (χ4v) is 2.70. The quantitative estimate of drug-likeness (QED) is 0.226. The molecule has 0 N–H and O–H groups in total. The van der Waals surface area contributed by atoms with Gasteiger partial charge in [0.15, 0.2) is 8.32 Å². The summed E-state index contributed by atoms with van der Waals surface area (Å²) in [5, 5.41) is 0.738. The highest BCUT2D eigenvalue weighted by Crippen LogP contribution is 2.36. The molecule has 5 heteroatoms. The number of hydrogen-bond donors (Lipinski definition) is 0. The molecule has 0 aromatic rings. The number of halogens is 1. The zero-order chi connectivity index (χ0) is 15.1. The van der Waals surface area contributed by atoms with Gasteiger partial charge < -0.3 is 9.16 Å². The van der Waals surface area contributed by atoms with E-state index in [0.717, 1.165) is 6.42 Å². The van der Waals surface area contributed by atoms with Gasteiger partial charge in [0, 0.05) is 17.5 Å². The van der Waals surface area contributed by atoms with Crippen LogP contribution in [0.5, 0.6) is 0 Å². The van der Waals surface area contributed by atoms with E-state index >= 15 is 0 Å². The molecule has 3 nitrogen and oxygen atoms in total. The van der Waals surface area contributed by atoms with Gasteiger partial charge in [0.05, 0.1) is 6.61 Å². The summed E-state index contributed by atoms with van der Waals surface area (Å²) in [6.45, 7) is 14.0. The average molecular weight is 351 g/mol. The standard InChI is InChI=1S/C14H27BrO3Si/c1-7-17-13(16)12(11-15)9-8-10-18-19(5,6)14(2,3)4/h9H,7-8,10-11H2,1-6H3/b12-9+. The fraction of sp³-hybridized carbons (Fsp3) is 0.786. The number of esters is 1. The summed E-state index contributed by atoms with van der Waals surface area (Å²) in [7, 11) is -1.69. The molecular formula is C14H27BrO3Si. The van der Waals surface area contributed by atoms with Crippen molar-refractivity contribution in [2.75, 3.05) is 18.5 Å². The number of carbonyl (C=O) groups excluding carboxylic acids is 1. The van der Waals surface area contributed by atoms with Crippen molar-refractivity contribution in [1.82, 2.24) is 0 Å². The smallest absolute Gasteiger partial charge is 0.334 e. The lowest BCUT2D eigenvalue weighted by atomic mass is 10.2. The maximum absolute atomic E-state index is 11.6. The molecule has 0 fully saturated rings. The van der Waals surface area contributed by atoms with Crippen molar-refractivity contribution in [3.8, 4) is 0 Å². The lowest BCUT2D eigenvalue weighted by Gasteiger charge is -2.36. The molecule has 0 aliphatic rings. The highest BCUT2D eigenvalue weighted by molar-refractivity contribution is 9.09. The van der Waals surface area contributed by atoms with Gasteiger partial charge in [-0.25, -0.2) is 4.79 Å². The van der Waals surface area contributed by atoms with Gasteiger partial charge in [-0.1, -0.05) is 42.8 Å². The van der Waals surface area contributed by atoms with Gasteiger partial charge in [-0.3, -0.25) is 0 Å². The molecule has 0 aliphatic heterocycles. The van der Waals surface area contributed by atoms with Crippen LogP contribution in [0.4, 0.5) is 0 Å². The first-order chi connectivity index (χ1) is 8.65. The van der Waals surface area contributed by atoms with Crippen LogP contribution in [0.1, 0.15) is 34.1 Å². The normalized spacial score (nSPS) is 13.5. The predicted octanol–water partition coefficient (Wildman–Crippen LogP) is 4.28. The molecule has 0 amide bonds.